The van der Waals surface area contributed by atoms with Gasteiger partial charge in [0.05, 0.1) is 12.4 Å². The normalized spacial score (nSPS) is 12.7. The van der Waals surface area contributed by atoms with E-state index >= 15 is 0 Å². The average molecular weight is 309 g/mol. The zero-order chi connectivity index (χ0) is 13.3. The van der Waals surface area contributed by atoms with Crippen LogP contribution in [0.3, 0.4) is 0 Å². The molecule has 2 aromatic rings. The first-order valence-corrected chi connectivity index (χ1v) is 6.76. The second-order valence-electron chi connectivity index (χ2n) is 4.75. The van der Waals surface area contributed by atoms with Crippen molar-refractivity contribution in [2.24, 2.45) is 0 Å². The lowest BCUT2D eigenvalue weighted by atomic mass is 9.94. The first-order valence-electron chi connectivity index (χ1n) is 5.96. The fourth-order valence-corrected chi connectivity index (χ4v) is 2.88. The monoisotopic (exact) mass is 308 g/mol. The Hall–Kier alpha value is -1.06. The Labute approximate surface area is 116 Å². The third kappa shape index (κ3) is 2.68. The van der Waals surface area contributed by atoms with E-state index < -0.39 is 6.10 Å². The lowest BCUT2D eigenvalue weighted by molar-refractivity contribution is 0.176. The zero-order valence-electron chi connectivity index (χ0n) is 10.8. The molecule has 1 unspecified atom stereocenters. The summed E-state index contributed by atoms with van der Waals surface area (Å²) in [7, 11) is 0. The molecule has 1 heterocycles. The molecular weight excluding hydrogens is 292 g/mol. The number of hydrogen-bond acceptors (Lipinski definition) is 2. The van der Waals surface area contributed by atoms with Crippen LogP contribution in [-0.2, 0) is 6.42 Å². The molecule has 0 radical (unpaired) electrons. The summed E-state index contributed by atoms with van der Waals surface area (Å²) in [5, 5.41) is 10.3. The van der Waals surface area contributed by atoms with E-state index in [0.717, 1.165) is 5.56 Å². The van der Waals surface area contributed by atoms with Crippen LogP contribution < -0.4 is 0 Å². The molecular formula is C15H17BrO2. The summed E-state index contributed by atoms with van der Waals surface area (Å²) in [4.78, 5) is 0. The number of aliphatic hydroxyl groups excluding tert-OH is 1. The Morgan fingerprint density at radius 1 is 1.22 bits per heavy atom. The summed E-state index contributed by atoms with van der Waals surface area (Å²) in [6.45, 7) is 6.27. The van der Waals surface area contributed by atoms with Crippen LogP contribution in [0.25, 0.3) is 0 Å². The third-order valence-electron chi connectivity index (χ3n) is 3.24. The average Bonchev–Trinajstić information content (AvgIpc) is 2.69. The van der Waals surface area contributed by atoms with Gasteiger partial charge in [-0.2, -0.15) is 0 Å². The topological polar surface area (TPSA) is 33.4 Å². The van der Waals surface area contributed by atoms with Crippen LogP contribution in [0.5, 0.6) is 0 Å². The molecule has 0 bridgehead atoms. The van der Waals surface area contributed by atoms with E-state index in [9.17, 15) is 5.11 Å². The van der Waals surface area contributed by atoms with Crippen molar-refractivity contribution in [2.75, 3.05) is 0 Å². The molecule has 96 valence electrons. The van der Waals surface area contributed by atoms with Gasteiger partial charge >= 0.3 is 0 Å². The van der Waals surface area contributed by atoms with Crippen molar-refractivity contribution in [3.63, 3.8) is 0 Å². The molecule has 0 aliphatic carbocycles. The first-order chi connectivity index (χ1) is 8.49. The Bertz CT molecular complexity index is 534. The van der Waals surface area contributed by atoms with Crippen LogP contribution in [0.2, 0.25) is 0 Å². The highest BCUT2D eigenvalue weighted by Crippen LogP contribution is 2.29. The number of halogens is 1. The highest BCUT2D eigenvalue weighted by Gasteiger charge is 2.16. The van der Waals surface area contributed by atoms with E-state index in [1.807, 2.05) is 0 Å². The third-order valence-corrected chi connectivity index (χ3v) is 3.89. The Morgan fingerprint density at radius 3 is 2.33 bits per heavy atom. The second kappa shape index (κ2) is 5.29. The maximum Gasteiger partial charge on any atom is 0.174 e. The van der Waals surface area contributed by atoms with Gasteiger partial charge in [-0.15, -0.1) is 0 Å². The van der Waals surface area contributed by atoms with Crippen LogP contribution in [0, 0.1) is 20.8 Å². The van der Waals surface area contributed by atoms with Gasteiger partial charge in [-0.1, -0.05) is 17.7 Å². The van der Waals surface area contributed by atoms with Gasteiger partial charge in [0.15, 0.2) is 4.67 Å². The molecule has 1 aromatic heterocycles. The van der Waals surface area contributed by atoms with Crippen LogP contribution in [0.4, 0.5) is 0 Å². The minimum Gasteiger partial charge on any atom is -0.457 e. The molecule has 0 saturated heterocycles. The van der Waals surface area contributed by atoms with Gasteiger partial charge in [0.25, 0.3) is 0 Å². The Kier molecular flexibility index (Phi) is 3.93. The van der Waals surface area contributed by atoms with Gasteiger partial charge in [0, 0.05) is 12.0 Å². The number of benzene rings is 1. The summed E-state index contributed by atoms with van der Waals surface area (Å²) in [5.74, 6) is 0. The van der Waals surface area contributed by atoms with Crippen LogP contribution >= 0.6 is 15.9 Å². The van der Waals surface area contributed by atoms with Crippen molar-refractivity contribution in [2.45, 2.75) is 33.3 Å². The molecule has 1 N–H and O–H groups in total. The quantitative estimate of drug-likeness (QED) is 0.920. The Morgan fingerprint density at radius 2 is 1.83 bits per heavy atom. The van der Waals surface area contributed by atoms with Crippen molar-refractivity contribution in [3.8, 4) is 0 Å². The standard InChI is InChI=1S/C15H17BrO2/c1-9-6-10(2)13(11(3)7-9)8-14(17)12-4-5-18-15(12)16/h4-7,14,17H,8H2,1-3H3. The maximum atomic E-state index is 10.3. The molecule has 18 heavy (non-hydrogen) atoms. The maximum absolute atomic E-state index is 10.3. The van der Waals surface area contributed by atoms with Crippen molar-refractivity contribution in [1.29, 1.82) is 0 Å². The molecule has 0 amide bonds. The minimum atomic E-state index is -0.543. The lowest BCUT2D eigenvalue weighted by Gasteiger charge is -2.15. The van der Waals surface area contributed by atoms with Crippen LogP contribution in [0.15, 0.2) is 33.5 Å². The fraction of sp³-hybridized carbons (Fsp3) is 0.333. The van der Waals surface area contributed by atoms with Crippen LogP contribution in [0.1, 0.15) is 33.9 Å². The number of furan rings is 1. The molecule has 1 atom stereocenters. The number of rotatable bonds is 3. The molecule has 3 heteroatoms. The number of aliphatic hydroxyl groups is 1. The van der Waals surface area contributed by atoms with Gasteiger partial charge in [-0.3, -0.25) is 0 Å². The van der Waals surface area contributed by atoms with Gasteiger partial charge < -0.3 is 9.52 Å². The van der Waals surface area contributed by atoms with Crippen LogP contribution in [-0.4, -0.2) is 5.11 Å². The highest BCUT2D eigenvalue weighted by molar-refractivity contribution is 9.10. The van der Waals surface area contributed by atoms with E-state index in [1.165, 1.54) is 22.3 Å². The van der Waals surface area contributed by atoms with Gasteiger partial charge in [-0.25, -0.2) is 0 Å². The molecule has 0 fully saturated rings. The molecule has 2 nitrogen and oxygen atoms in total. The van der Waals surface area contributed by atoms with E-state index in [1.54, 1.807) is 12.3 Å². The fourth-order valence-electron chi connectivity index (χ4n) is 2.38. The molecule has 0 spiro atoms. The van der Waals surface area contributed by atoms with E-state index in [4.69, 9.17) is 4.42 Å². The summed E-state index contributed by atoms with van der Waals surface area (Å²) in [6.07, 6.45) is 1.64. The largest absolute Gasteiger partial charge is 0.457 e. The smallest absolute Gasteiger partial charge is 0.174 e. The van der Waals surface area contributed by atoms with Crippen molar-refractivity contribution in [3.05, 3.63) is 56.9 Å². The van der Waals surface area contributed by atoms with Gasteiger partial charge in [0.1, 0.15) is 0 Å². The summed E-state index contributed by atoms with van der Waals surface area (Å²) in [5.41, 5.74) is 5.72. The predicted molar refractivity (Wildman–Crippen MR) is 75.7 cm³/mol. The molecule has 1 aromatic carbocycles. The van der Waals surface area contributed by atoms with Crippen molar-refractivity contribution in [1.82, 2.24) is 0 Å². The molecule has 0 saturated carbocycles. The van der Waals surface area contributed by atoms with Gasteiger partial charge in [-0.05, 0) is 59.5 Å². The highest BCUT2D eigenvalue weighted by atomic mass is 79.9. The Balaban J connectivity index is 2.27. The SMILES string of the molecule is Cc1cc(C)c(CC(O)c2ccoc2Br)c(C)c1. The predicted octanol–water partition coefficient (Wildman–Crippen LogP) is 4.24. The number of hydrogen-bond donors (Lipinski definition) is 1. The van der Waals surface area contributed by atoms with E-state index in [0.29, 0.717) is 11.1 Å². The lowest BCUT2D eigenvalue weighted by Crippen LogP contribution is -2.05. The summed E-state index contributed by atoms with van der Waals surface area (Å²) in [6, 6.07) is 6.10. The van der Waals surface area contributed by atoms with Gasteiger partial charge in [0.2, 0.25) is 0 Å². The summed E-state index contributed by atoms with van der Waals surface area (Å²) >= 11 is 3.30. The van der Waals surface area contributed by atoms with E-state index in [2.05, 4.69) is 48.8 Å². The minimum absolute atomic E-state index is 0.543. The second-order valence-corrected chi connectivity index (χ2v) is 5.47. The van der Waals surface area contributed by atoms with Crippen molar-refractivity contribution < 1.29 is 9.52 Å². The van der Waals surface area contributed by atoms with Crippen molar-refractivity contribution >= 4 is 15.9 Å². The molecule has 2 rings (SSSR count). The zero-order valence-corrected chi connectivity index (χ0v) is 12.4. The summed E-state index contributed by atoms with van der Waals surface area (Å²) < 4.78 is 5.77. The molecule has 0 aliphatic rings. The van der Waals surface area contributed by atoms with E-state index in [-0.39, 0.29) is 0 Å². The molecule has 0 aliphatic heterocycles. The number of aryl methyl sites for hydroxylation is 3. The first kappa shape index (κ1) is 13.4.